The number of rotatable bonds is 10. The van der Waals surface area contributed by atoms with Gasteiger partial charge in [0.25, 0.3) is 0 Å². The smallest absolute Gasteiger partial charge is 0.200 e. The Hall–Kier alpha value is -2.94. The molecular formula is C37H44F2O. The van der Waals surface area contributed by atoms with E-state index >= 15 is 0 Å². The topological polar surface area (TPSA) is 9.23 Å². The number of aryl methyl sites for hydroxylation is 1. The Balaban J connectivity index is 1.15. The SMILES string of the molecule is CC=CCCc1ccc(OCc2ccc(-c3ccc(C4CCC5CC(CCC)CCC5C4)cc3)cc2)c(F)c1F. The largest absolute Gasteiger partial charge is 0.486 e. The third kappa shape index (κ3) is 6.85. The fraction of sp³-hybridized carbons (Fsp3) is 0.459. The van der Waals surface area contributed by atoms with E-state index in [1.165, 1.54) is 68.6 Å². The minimum atomic E-state index is -0.910. The highest BCUT2D eigenvalue weighted by atomic mass is 19.2. The zero-order chi connectivity index (χ0) is 27.9. The zero-order valence-corrected chi connectivity index (χ0v) is 24.2. The van der Waals surface area contributed by atoms with Crippen LogP contribution in [-0.2, 0) is 13.0 Å². The summed E-state index contributed by atoms with van der Waals surface area (Å²) in [5.74, 6) is 1.80. The molecule has 2 saturated carbocycles. The van der Waals surface area contributed by atoms with Crippen molar-refractivity contribution < 1.29 is 13.5 Å². The first-order valence-corrected chi connectivity index (χ1v) is 15.5. The number of hydrogen-bond acceptors (Lipinski definition) is 1. The lowest BCUT2D eigenvalue weighted by molar-refractivity contribution is 0.114. The van der Waals surface area contributed by atoms with Crippen LogP contribution in [-0.4, -0.2) is 0 Å². The highest BCUT2D eigenvalue weighted by Gasteiger charge is 2.35. The van der Waals surface area contributed by atoms with Crippen LogP contribution < -0.4 is 4.74 Å². The third-order valence-electron chi connectivity index (χ3n) is 9.43. The lowest BCUT2D eigenvalue weighted by Crippen LogP contribution is -2.30. The van der Waals surface area contributed by atoms with Crippen LogP contribution in [0.4, 0.5) is 8.78 Å². The highest BCUT2D eigenvalue weighted by Crippen LogP contribution is 2.48. The molecule has 3 aromatic carbocycles. The summed E-state index contributed by atoms with van der Waals surface area (Å²) >= 11 is 0. The van der Waals surface area contributed by atoms with Crippen LogP contribution >= 0.6 is 0 Å². The van der Waals surface area contributed by atoms with Crippen LogP contribution in [0.25, 0.3) is 11.1 Å². The Morgan fingerprint density at radius 1 is 0.800 bits per heavy atom. The molecule has 0 spiro atoms. The van der Waals surface area contributed by atoms with E-state index in [4.69, 9.17) is 4.74 Å². The van der Waals surface area contributed by atoms with Gasteiger partial charge in [0, 0.05) is 0 Å². The molecule has 0 amide bonds. The normalized spacial score (nSPS) is 22.8. The monoisotopic (exact) mass is 542 g/mol. The molecule has 2 fully saturated rings. The van der Waals surface area contributed by atoms with E-state index in [1.54, 1.807) is 6.07 Å². The first-order valence-electron chi connectivity index (χ1n) is 15.5. The van der Waals surface area contributed by atoms with Crippen molar-refractivity contribution in [2.75, 3.05) is 0 Å². The molecule has 4 atom stereocenters. The summed E-state index contributed by atoms with van der Waals surface area (Å²) in [4.78, 5) is 0. The van der Waals surface area contributed by atoms with Crippen LogP contribution in [0.3, 0.4) is 0 Å². The van der Waals surface area contributed by atoms with E-state index in [-0.39, 0.29) is 12.4 Å². The predicted octanol–water partition coefficient (Wildman–Crippen LogP) is 10.8. The number of allylic oxidation sites excluding steroid dienone is 2. The van der Waals surface area contributed by atoms with Crippen molar-refractivity contribution >= 4 is 0 Å². The Bertz CT molecular complexity index is 1260. The van der Waals surface area contributed by atoms with Crippen molar-refractivity contribution in [3.63, 3.8) is 0 Å². The Kier molecular flexibility index (Phi) is 9.73. The van der Waals surface area contributed by atoms with E-state index in [0.29, 0.717) is 24.3 Å². The molecule has 0 aliphatic heterocycles. The molecule has 1 nitrogen and oxygen atoms in total. The van der Waals surface area contributed by atoms with Gasteiger partial charge in [0.15, 0.2) is 11.6 Å². The molecular weight excluding hydrogens is 498 g/mol. The van der Waals surface area contributed by atoms with Gasteiger partial charge in [-0.15, -0.1) is 0 Å². The summed E-state index contributed by atoms with van der Waals surface area (Å²) in [6.45, 7) is 4.44. The standard InChI is InChI=1S/C37H44F2O/c1-3-5-6-8-31-21-22-35(37(39)36(31)38)40-25-27-10-12-28(13-11-27)29-15-17-30(18-16-29)33-20-19-32-23-26(7-4-2)9-14-34(32)24-33/h3,5,10-13,15-18,21-22,26,32-34H,4,6-9,14,19-20,23-25H2,1-2H3. The number of ether oxygens (including phenoxy) is 1. The van der Waals surface area contributed by atoms with Crippen molar-refractivity contribution in [1.29, 1.82) is 0 Å². The molecule has 0 N–H and O–H groups in total. The fourth-order valence-electron chi connectivity index (χ4n) is 7.14. The second-order valence-corrected chi connectivity index (χ2v) is 12.1. The van der Waals surface area contributed by atoms with Crippen molar-refractivity contribution in [2.24, 2.45) is 17.8 Å². The van der Waals surface area contributed by atoms with Gasteiger partial charge in [-0.25, -0.2) is 4.39 Å². The number of halogens is 2. The average Bonchev–Trinajstić information content (AvgIpc) is 2.99. The number of hydrogen-bond donors (Lipinski definition) is 0. The van der Waals surface area contributed by atoms with Gasteiger partial charge < -0.3 is 4.74 Å². The molecule has 3 aromatic rings. The lowest BCUT2D eigenvalue weighted by Gasteiger charge is -2.42. The van der Waals surface area contributed by atoms with Gasteiger partial charge in [-0.05, 0) is 109 Å². The average molecular weight is 543 g/mol. The molecule has 3 heteroatoms. The maximum absolute atomic E-state index is 14.5. The summed E-state index contributed by atoms with van der Waals surface area (Å²) in [7, 11) is 0. The van der Waals surface area contributed by atoms with E-state index in [0.717, 1.165) is 28.9 Å². The molecule has 2 aliphatic carbocycles. The van der Waals surface area contributed by atoms with Crippen LogP contribution in [0, 0.1) is 29.4 Å². The molecule has 0 radical (unpaired) electrons. The summed E-state index contributed by atoms with van der Waals surface area (Å²) in [5.41, 5.74) is 5.14. The van der Waals surface area contributed by atoms with Crippen molar-refractivity contribution in [3.05, 3.63) is 101 Å². The molecule has 0 saturated heterocycles. The van der Waals surface area contributed by atoms with Gasteiger partial charge in [0.1, 0.15) is 6.61 Å². The van der Waals surface area contributed by atoms with Gasteiger partial charge in [-0.3, -0.25) is 0 Å². The maximum Gasteiger partial charge on any atom is 0.200 e. The molecule has 4 unspecified atom stereocenters. The first kappa shape index (κ1) is 28.6. The Morgan fingerprint density at radius 3 is 2.23 bits per heavy atom. The van der Waals surface area contributed by atoms with Gasteiger partial charge in [-0.2, -0.15) is 4.39 Å². The van der Waals surface area contributed by atoms with Gasteiger partial charge in [-0.1, -0.05) is 92.9 Å². The van der Waals surface area contributed by atoms with Gasteiger partial charge >= 0.3 is 0 Å². The van der Waals surface area contributed by atoms with Crippen molar-refractivity contribution in [2.45, 2.75) is 90.6 Å². The van der Waals surface area contributed by atoms with Crippen LogP contribution in [0.15, 0.2) is 72.8 Å². The molecule has 0 aromatic heterocycles. The first-order chi connectivity index (χ1) is 19.6. The summed E-state index contributed by atoms with van der Waals surface area (Å²) in [6.07, 6.45) is 16.2. The van der Waals surface area contributed by atoms with Crippen LogP contribution in [0.2, 0.25) is 0 Å². The number of benzene rings is 3. The molecule has 2 aliphatic rings. The second kappa shape index (κ2) is 13.6. The molecule has 40 heavy (non-hydrogen) atoms. The van der Waals surface area contributed by atoms with Crippen molar-refractivity contribution in [3.8, 4) is 16.9 Å². The lowest BCUT2D eigenvalue weighted by atomic mass is 9.63. The Morgan fingerprint density at radius 2 is 1.50 bits per heavy atom. The van der Waals surface area contributed by atoms with Crippen molar-refractivity contribution in [1.82, 2.24) is 0 Å². The van der Waals surface area contributed by atoms with Gasteiger partial charge in [0.2, 0.25) is 5.82 Å². The van der Waals surface area contributed by atoms with E-state index < -0.39 is 11.6 Å². The zero-order valence-electron chi connectivity index (χ0n) is 24.2. The maximum atomic E-state index is 14.5. The van der Waals surface area contributed by atoms with E-state index in [1.807, 2.05) is 31.2 Å². The highest BCUT2D eigenvalue weighted by molar-refractivity contribution is 5.64. The third-order valence-corrected chi connectivity index (χ3v) is 9.43. The number of fused-ring (bicyclic) bond motifs is 1. The molecule has 0 bridgehead atoms. The molecule has 0 heterocycles. The molecule has 212 valence electrons. The minimum Gasteiger partial charge on any atom is -0.486 e. The summed E-state index contributed by atoms with van der Waals surface area (Å²) < 4.78 is 34.6. The minimum absolute atomic E-state index is 0.0463. The summed E-state index contributed by atoms with van der Waals surface area (Å²) in [5, 5.41) is 0. The Labute approximate surface area is 239 Å². The van der Waals surface area contributed by atoms with Crippen LogP contribution in [0.1, 0.15) is 94.2 Å². The fourth-order valence-corrected chi connectivity index (χ4v) is 7.14. The second-order valence-electron chi connectivity index (χ2n) is 12.1. The van der Waals surface area contributed by atoms with E-state index in [9.17, 15) is 8.78 Å². The van der Waals surface area contributed by atoms with Crippen LogP contribution in [0.5, 0.6) is 5.75 Å². The predicted molar refractivity (Wildman–Crippen MR) is 162 cm³/mol. The van der Waals surface area contributed by atoms with E-state index in [2.05, 4.69) is 43.3 Å². The quantitative estimate of drug-likeness (QED) is 0.232. The molecule has 5 rings (SSSR count). The summed E-state index contributed by atoms with van der Waals surface area (Å²) in [6, 6.07) is 20.5. The van der Waals surface area contributed by atoms with Gasteiger partial charge in [0.05, 0.1) is 0 Å².